The van der Waals surface area contributed by atoms with Crippen LogP contribution in [0, 0.1) is 19.8 Å². The van der Waals surface area contributed by atoms with Crippen LogP contribution in [0.5, 0.6) is 0 Å². The Morgan fingerprint density at radius 1 is 1.24 bits per heavy atom. The largest absolute Gasteiger partial charge is 0.444 e. The minimum absolute atomic E-state index is 0. The lowest BCUT2D eigenvalue weighted by atomic mass is 10.0. The molecule has 1 aromatic heterocycles. The summed E-state index contributed by atoms with van der Waals surface area (Å²) in [6.07, 6.45) is 0. The van der Waals surface area contributed by atoms with Crippen LogP contribution in [0.3, 0.4) is 0 Å². The van der Waals surface area contributed by atoms with Crippen molar-refractivity contribution in [1.82, 2.24) is 20.5 Å². The Morgan fingerprint density at radius 3 is 2.44 bits per heavy atom. The molecule has 0 aliphatic carbocycles. The third-order valence-electron chi connectivity index (χ3n) is 4.47. The lowest BCUT2D eigenvalue weighted by Gasteiger charge is -2.37. The smallest absolute Gasteiger partial charge is 0.214 e. The molecule has 144 valence electrons. The van der Waals surface area contributed by atoms with E-state index in [1.54, 1.807) is 7.05 Å². The van der Waals surface area contributed by atoms with Crippen LogP contribution in [-0.2, 0) is 11.3 Å². The van der Waals surface area contributed by atoms with E-state index >= 15 is 0 Å². The van der Waals surface area contributed by atoms with Crippen LogP contribution in [0.25, 0.3) is 0 Å². The molecular formula is C17H32IN5O2. The molecule has 0 aromatic carbocycles. The van der Waals surface area contributed by atoms with Crippen molar-refractivity contribution in [3.05, 3.63) is 17.3 Å². The maximum atomic E-state index is 5.59. The zero-order valence-corrected chi connectivity index (χ0v) is 18.3. The molecule has 2 heterocycles. The van der Waals surface area contributed by atoms with Crippen molar-refractivity contribution >= 4 is 29.9 Å². The van der Waals surface area contributed by atoms with Gasteiger partial charge in [-0.3, -0.25) is 9.89 Å². The maximum absolute atomic E-state index is 5.59. The van der Waals surface area contributed by atoms with Gasteiger partial charge >= 0.3 is 0 Å². The molecule has 25 heavy (non-hydrogen) atoms. The third-order valence-corrected chi connectivity index (χ3v) is 4.47. The van der Waals surface area contributed by atoms with Gasteiger partial charge in [0, 0.05) is 32.7 Å². The Balaban J connectivity index is 0.00000312. The zero-order valence-electron chi connectivity index (χ0n) is 16.0. The Hall–Kier alpha value is -0.870. The number of aromatic nitrogens is 1. The summed E-state index contributed by atoms with van der Waals surface area (Å²) in [5, 5.41) is 6.69. The van der Waals surface area contributed by atoms with Crippen LogP contribution in [0.2, 0.25) is 0 Å². The Bertz CT molecular complexity index is 522. The van der Waals surface area contributed by atoms with Crippen molar-refractivity contribution in [3.63, 3.8) is 0 Å². The first-order chi connectivity index (χ1) is 11.5. The first-order valence-corrected chi connectivity index (χ1v) is 8.70. The van der Waals surface area contributed by atoms with E-state index in [0.29, 0.717) is 24.4 Å². The minimum Gasteiger partial charge on any atom is -0.444 e. The van der Waals surface area contributed by atoms with Gasteiger partial charge in [0.25, 0.3) is 0 Å². The topological polar surface area (TPSA) is 74.9 Å². The number of morpholine rings is 1. The van der Waals surface area contributed by atoms with Crippen LogP contribution in [-0.4, -0.2) is 61.8 Å². The van der Waals surface area contributed by atoms with Gasteiger partial charge in [-0.15, -0.1) is 24.0 Å². The number of hydrogen-bond donors (Lipinski definition) is 2. The van der Waals surface area contributed by atoms with Gasteiger partial charge in [-0.2, -0.15) is 0 Å². The molecule has 1 saturated heterocycles. The fourth-order valence-electron chi connectivity index (χ4n) is 2.89. The highest BCUT2D eigenvalue weighted by atomic mass is 127. The maximum Gasteiger partial charge on any atom is 0.214 e. The van der Waals surface area contributed by atoms with Gasteiger partial charge in [0.05, 0.1) is 25.5 Å². The van der Waals surface area contributed by atoms with Crippen LogP contribution < -0.4 is 10.6 Å². The van der Waals surface area contributed by atoms with Gasteiger partial charge < -0.3 is 19.8 Å². The molecule has 0 bridgehead atoms. The van der Waals surface area contributed by atoms with Crippen LogP contribution in [0.4, 0.5) is 0 Å². The Labute approximate surface area is 168 Å². The average Bonchev–Trinajstić information content (AvgIpc) is 2.89. The standard InChI is InChI=1S/C17H31N5O2.HI/c1-12(2)15(22-6-8-23-9-7-22)10-19-17(18-5)20-11-16-21-13(3)14(4)24-16;/h12,15H,6-11H2,1-5H3,(H2,18,19,20);1H. The Morgan fingerprint density at radius 2 is 1.92 bits per heavy atom. The fraction of sp³-hybridized carbons (Fsp3) is 0.765. The lowest BCUT2D eigenvalue weighted by molar-refractivity contribution is 0.00752. The summed E-state index contributed by atoms with van der Waals surface area (Å²) in [4.78, 5) is 11.2. The van der Waals surface area contributed by atoms with Crippen LogP contribution >= 0.6 is 24.0 Å². The molecule has 1 aliphatic rings. The highest BCUT2D eigenvalue weighted by Crippen LogP contribution is 2.12. The summed E-state index contributed by atoms with van der Waals surface area (Å²) in [6.45, 7) is 13.4. The lowest BCUT2D eigenvalue weighted by Crippen LogP contribution is -2.52. The van der Waals surface area contributed by atoms with Crippen LogP contribution in [0.1, 0.15) is 31.2 Å². The van der Waals surface area contributed by atoms with E-state index in [-0.39, 0.29) is 24.0 Å². The number of guanidine groups is 1. The highest BCUT2D eigenvalue weighted by Gasteiger charge is 2.23. The predicted octanol–water partition coefficient (Wildman–Crippen LogP) is 1.93. The second kappa shape index (κ2) is 11.0. The quantitative estimate of drug-likeness (QED) is 0.380. The number of aliphatic imine (C=N–C) groups is 1. The summed E-state index contributed by atoms with van der Waals surface area (Å²) >= 11 is 0. The van der Waals surface area contributed by atoms with Crippen molar-refractivity contribution in [2.24, 2.45) is 10.9 Å². The predicted molar refractivity (Wildman–Crippen MR) is 111 cm³/mol. The number of rotatable bonds is 6. The molecule has 0 amide bonds. The van der Waals surface area contributed by atoms with Crippen molar-refractivity contribution in [1.29, 1.82) is 0 Å². The molecule has 0 radical (unpaired) electrons. The summed E-state index contributed by atoms with van der Waals surface area (Å²) < 4.78 is 11.0. The van der Waals surface area contributed by atoms with E-state index in [4.69, 9.17) is 9.15 Å². The molecule has 2 N–H and O–H groups in total. The molecule has 1 aromatic rings. The zero-order chi connectivity index (χ0) is 17.5. The molecule has 0 spiro atoms. The number of aryl methyl sites for hydroxylation is 2. The summed E-state index contributed by atoms with van der Waals surface area (Å²) in [5.74, 6) is 2.87. The SMILES string of the molecule is CN=C(NCc1nc(C)c(C)o1)NCC(C(C)C)N1CCOCC1.I. The Kier molecular flexibility index (Phi) is 9.73. The number of ether oxygens (including phenoxy) is 1. The van der Waals surface area contributed by atoms with Crippen LogP contribution in [0.15, 0.2) is 9.41 Å². The van der Waals surface area contributed by atoms with Gasteiger partial charge in [-0.05, 0) is 19.8 Å². The monoisotopic (exact) mass is 465 g/mol. The number of halogens is 1. The van der Waals surface area contributed by atoms with E-state index in [9.17, 15) is 0 Å². The molecule has 8 heteroatoms. The first kappa shape index (κ1) is 22.2. The van der Waals surface area contributed by atoms with Crippen molar-refractivity contribution in [2.45, 2.75) is 40.3 Å². The fourth-order valence-corrected chi connectivity index (χ4v) is 2.89. The van der Waals surface area contributed by atoms with E-state index < -0.39 is 0 Å². The molecule has 1 atom stereocenters. The van der Waals surface area contributed by atoms with E-state index in [0.717, 1.165) is 50.3 Å². The molecule has 1 unspecified atom stereocenters. The first-order valence-electron chi connectivity index (χ1n) is 8.70. The number of nitrogens with zero attached hydrogens (tertiary/aromatic N) is 3. The average molecular weight is 465 g/mol. The molecule has 0 saturated carbocycles. The molecule has 1 aliphatic heterocycles. The van der Waals surface area contributed by atoms with E-state index in [2.05, 4.69) is 39.4 Å². The number of oxazole rings is 1. The normalized spacial score (nSPS) is 17.3. The van der Waals surface area contributed by atoms with Crippen molar-refractivity contribution < 1.29 is 9.15 Å². The van der Waals surface area contributed by atoms with E-state index in [1.165, 1.54) is 0 Å². The summed E-state index contributed by atoms with van der Waals surface area (Å²) in [7, 11) is 1.78. The second-order valence-electron chi connectivity index (χ2n) is 6.52. The summed E-state index contributed by atoms with van der Waals surface area (Å²) in [6, 6.07) is 0.457. The van der Waals surface area contributed by atoms with Crippen molar-refractivity contribution in [2.75, 3.05) is 39.9 Å². The van der Waals surface area contributed by atoms with Gasteiger partial charge in [0.2, 0.25) is 5.89 Å². The molecule has 1 fully saturated rings. The van der Waals surface area contributed by atoms with Crippen molar-refractivity contribution in [3.8, 4) is 0 Å². The second-order valence-corrected chi connectivity index (χ2v) is 6.52. The number of hydrogen-bond acceptors (Lipinski definition) is 5. The summed E-state index contributed by atoms with van der Waals surface area (Å²) in [5.41, 5.74) is 0.932. The molecule has 2 rings (SSSR count). The highest BCUT2D eigenvalue weighted by molar-refractivity contribution is 14.0. The minimum atomic E-state index is 0. The van der Waals surface area contributed by atoms with Gasteiger partial charge in [0.15, 0.2) is 5.96 Å². The van der Waals surface area contributed by atoms with E-state index in [1.807, 2.05) is 13.8 Å². The van der Waals surface area contributed by atoms with Gasteiger partial charge in [0.1, 0.15) is 5.76 Å². The number of nitrogens with one attached hydrogen (secondary N) is 2. The third kappa shape index (κ3) is 6.74. The molecular weight excluding hydrogens is 433 g/mol. The van der Waals surface area contributed by atoms with Gasteiger partial charge in [-0.1, -0.05) is 13.8 Å². The van der Waals surface area contributed by atoms with Gasteiger partial charge in [-0.25, -0.2) is 4.98 Å². The molecule has 7 nitrogen and oxygen atoms in total.